The summed E-state index contributed by atoms with van der Waals surface area (Å²) in [6, 6.07) is 11.1. The van der Waals surface area contributed by atoms with E-state index in [2.05, 4.69) is 17.6 Å². The number of amides is 2. The van der Waals surface area contributed by atoms with Crippen LogP contribution in [0.5, 0.6) is 11.5 Å². The van der Waals surface area contributed by atoms with Gasteiger partial charge in [0.1, 0.15) is 11.5 Å². The molecule has 138 valence electrons. The molecule has 0 saturated carbocycles. The molecule has 2 rings (SSSR count). The number of nitro groups is 1. The lowest BCUT2D eigenvalue weighted by atomic mass is 10.2. The van der Waals surface area contributed by atoms with Crippen LogP contribution in [0.1, 0.15) is 31.7 Å². The SMILES string of the molecule is CCCCCNC(=O)Nc1ccc(Oc2ccc([N+](=O)[O-])cc2C)cc1. The summed E-state index contributed by atoms with van der Waals surface area (Å²) >= 11 is 0. The Morgan fingerprint density at radius 1 is 1.15 bits per heavy atom. The second kappa shape index (κ2) is 9.41. The van der Waals surface area contributed by atoms with Gasteiger partial charge < -0.3 is 15.4 Å². The molecule has 7 heteroatoms. The molecule has 0 bridgehead atoms. The zero-order valence-electron chi connectivity index (χ0n) is 15.0. The predicted molar refractivity (Wildman–Crippen MR) is 101 cm³/mol. The van der Waals surface area contributed by atoms with Crippen LogP contribution in [0.15, 0.2) is 42.5 Å². The fourth-order valence-corrected chi connectivity index (χ4v) is 2.35. The average molecular weight is 357 g/mol. The van der Waals surface area contributed by atoms with Crippen LogP contribution in [0.4, 0.5) is 16.2 Å². The van der Waals surface area contributed by atoms with E-state index in [1.165, 1.54) is 12.1 Å². The summed E-state index contributed by atoms with van der Waals surface area (Å²) in [5.74, 6) is 1.13. The van der Waals surface area contributed by atoms with Crippen molar-refractivity contribution in [3.63, 3.8) is 0 Å². The van der Waals surface area contributed by atoms with Crippen LogP contribution in [0, 0.1) is 17.0 Å². The fourth-order valence-electron chi connectivity index (χ4n) is 2.35. The molecule has 0 atom stereocenters. The number of aryl methyl sites for hydroxylation is 1. The smallest absolute Gasteiger partial charge is 0.319 e. The minimum absolute atomic E-state index is 0.0272. The van der Waals surface area contributed by atoms with Crippen molar-refractivity contribution in [2.24, 2.45) is 0 Å². The zero-order chi connectivity index (χ0) is 18.9. The molecular formula is C19H23N3O4. The summed E-state index contributed by atoms with van der Waals surface area (Å²) < 4.78 is 5.74. The molecule has 0 fully saturated rings. The Morgan fingerprint density at radius 3 is 2.50 bits per heavy atom. The Hall–Kier alpha value is -3.09. The van der Waals surface area contributed by atoms with Gasteiger partial charge >= 0.3 is 6.03 Å². The summed E-state index contributed by atoms with van der Waals surface area (Å²) in [7, 11) is 0. The topological polar surface area (TPSA) is 93.5 Å². The van der Waals surface area contributed by atoms with Crippen LogP contribution in [-0.4, -0.2) is 17.5 Å². The number of nitrogens with one attached hydrogen (secondary N) is 2. The van der Waals surface area contributed by atoms with Crippen molar-refractivity contribution in [3.8, 4) is 11.5 Å². The third-order valence-electron chi connectivity index (χ3n) is 3.78. The summed E-state index contributed by atoms with van der Waals surface area (Å²) in [6.07, 6.45) is 3.17. The van der Waals surface area contributed by atoms with Gasteiger partial charge in [-0.2, -0.15) is 0 Å². The van der Waals surface area contributed by atoms with E-state index in [-0.39, 0.29) is 11.7 Å². The van der Waals surface area contributed by atoms with Gasteiger partial charge in [0.25, 0.3) is 5.69 Å². The lowest BCUT2D eigenvalue weighted by Crippen LogP contribution is -2.29. The van der Waals surface area contributed by atoms with Gasteiger partial charge in [-0.15, -0.1) is 0 Å². The van der Waals surface area contributed by atoms with Crippen molar-refractivity contribution < 1.29 is 14.5 Å². The van der Waals surface area contributed by atoms with E-state index < -0.39 is 4.92 Å². The number of nitrogens with zero attached hydrogens (tertiary/aromatic N) is 1. The van der Waals surface area contributed by atoms with E-state index in [4.69, 9.17) is 4.74 Å². The van der Waals surface area contributed by atoms with Crippen molar-refractivity contribution in [1.29, 1.82) is 0 Å². The summed E-state index contributed by atoms with van der Waals surface area (Å²) in [5.41, 5.74) is 1.36. The molecule has 2 amide bonds. The van der Waals surface area contributed by atoms with Crippen molar-refractivity contribution in [2.75, 3.05) is 11.9 Å². The van der Waals surface area contributed by atoms with E-state index in [1.807, 2.05) is 0 Å². The second-order valence-electron chi connectivity index (χ2n) is 5.92. The molecule has 0 unspecified atom stereocenters. The maximum Gasteiger partial charge on any atom is 0.319 e. The first-order chi connectivity index (χ1) is 12.5. The number of benzene rings is 2. The lowest BCUT2D eigenvalue weighted by Gasteiger charge is -2.10. The first kappa shape index (κ1) is 19.2. The van der Waals surface area contributed by atoms with Crippen LogP contribution in [0.25, 0.3) is 0 Å². The van der Waals surface area contributed by atoms with Gasteiger partial charge in [-0.05, 0) is 49.2 Å². The molecule has 2 aromatic carbocycles. The zero-order valence-corrected chi connectivity index (χ0v) is 15.0. The van der Waals surface area contributed by atoms with Gasteiger partial charge in [0, 0.05) is 24.4 Å². The third kappa shape index (κ3) is 5.77. The number of non-ortho nitro benzene ring substituents is 1. The average Bonchev–Trinajstić information content (AvgIpc) is 2.62. The lowest BCUT2D eigenvalue weighted by molar-refractivity contribution is -0.384. The second-order valence-corrected chi connectivity index (χ2v) is 5.92. The number of rotatable bonds is 8. The van der Waals surface area contributed by atoms with Gasteiger partial charge in [-0.1, -0.05) is 19.8 Å². The molecule has 2 aromatic rings. The number of ether oxygens (including phenoxy) is 1. The van der Waals surface area contributed by atoms with Gasteiger partial charge in [0.15, 0.2) is 0 Å². The maximum atomic E-state index is 11.8. The Labute approximate surface area is 152 Å². The molecule has 0 aromatic heterocycles. The Morgan fingerprint density at radius 2 is 1.88 bits per heavy atom. The molecule has 0 aliphatic rings. The third-order valence-corrected chi connectivity index (χ3v) is 3.78. The van der Waals surface area contributed by atoms with Gasteiger partial charge in [-0.25, -0.2) is 4.79 Å². The number of nitro benzene ring substituents is 1. The largest absolute Gasteiger partial charge is 0.457 e. The van der Waals surface area contributed by atoms with Crippen LogP contribution in [0.2, 0.25) is 0 Å². The number of carbonyl (C=O) groups is 1. The summed E-state index contributed by atoms with van der Waals surface area (Å²) in [6.45, 7) is 4.52. The highest BCUT2D eigenvalue weighted by molar-refractivity contribution is 5.89. The molecular weight excluding hydrogens is 334 g/mol. The van der Waals surface area contributed by atoms with Crippen LogP contribution in [-0.2, 0) is 0 Å². The molecule has 0 spiro atoms. The van der Waals surface area contributed by atoms with Gasteiger partial charge in [-0.3, -0.25) is 10.1 Å². The fraction of sp³-hybridized carbons (Fsp3) is 0.316. The van der Waals surface area contributed by atoms with E-state index in [0.29, 0.717) is 29.3 Å². The normalized spacial score (nSPS) is 10.2. The number of anilines is 1. The predicted octanol–water partition coefficient (Wildman–Crippen LogP) is 5.01. The quantitative estimate of drug-likeness (QED) is 0.394. The van der Waals surface area contributed by atoms with Gasteiger partial charge in [0.05, 0.1) is 4.92 Å². The van der Waals surface area contributed by atoms with E-state index in [1.54, 1.807) is 37.3 Å². The number of hydrogen-bond acceptors (Lipinski definition) is 4. The highest BCUT2D eigenvalue weighted by Crippen LogP contribution is 2.28. The molecule has 0 aliphatic carbocycles. The Kier molecular flexibility index (Phi) is 6.96. The number of carbonyl (C=O) groups excluding carboxylic acids is 1. The molecule has 26 heavy (non-hydrogen) atoms. The minimum Gasteiger partial charge on any atom is -0.457 e. The van der Waals surface area contributed by atoms with Crippen molar-refractivity contribution in [3.05, 3.63) is 58.1 Å². The standard InChI is InChI=1S/C19H23N3O4/c1-3-4-5-12-20-19(23)21-15-6-9-17(10-7-15)26-18-11-8-16(22(24)25)13-14(18)2/h6-11,13H,3-5,12H2,1-2H3,(H2,20,21,23). The van der Waals surface area contributed by atoms with E-state index in [0.717, 1.165) is 19.3 Å². The summed E-state index contributed by atoms with van der Waals surface area (Å²) in [5, 5.41) is 16.3. The molecule has 7 nitrogen and oxygen atoms in total. The van der Waals surface area contributed by atoms with Crippen molar-refractivity contribution >= 4 is 17.4 Å². The Bertz CT molecular complexity index is 760. The van der Waals surface area contributed by atoms with E-state index >= 15 is 0 Å². The highest BCUT2D eigenvalue weighted by Gasteiger charge is 2.09. The van der Waals surface area contributed by atoms with Crippen LogP contribution >= 0.6 is 0 Å². The molecule has 0 aliphatic heterocycles. The first-order valence-electron chi connectivity index (χ1n) is 8.57. The van der Waals surface area contributed by atoms with E-state index in [9.17, 15) is 14.9 Å². The number of hydrogen-bond donors (Lipinski definition) is 2. The van der Waals surface area contributed by atoms with Crippen LogP contribution in [0.3, 0.4) is 0 Å². The minimum atomic E-state index is -0.440. The van der Waals surface area contributed by atoms with Crippen molar-refractivity contribution in [1.82, 2.24) is 5.32 Å². The first-order valence-corrected chi connectivity index (χ1v) is 8.57. The monoisotopic (exact) mass is 357 g/mol. The maximum absolute atomic E-state index is 11.8. The number of unbranched alkanes of at least 4 members (excludes halogenated alkanes) is 2. The van der Waals surface area contributed by atoms with Crippen molar-refractivity contribution in [2.45, 2.75) is 33.1 Å². The highest BCUT2D eigenvalue weighted by atomic mass is 16.6. The van der Waals surface area contributed by atoms with Gasteiger partial charge in [0.2, 0.25) is 0 Å². The number of urea groups is 1. The molecule has 0 radical (unpaired) electrons. The molecule has 0 heterocycles. The Balaban J connectivity index is 1.91. The molecule has 0 saturated heterocycles. The molecule has 2 N–H and O–H groups in total. The van der Waals surface area contributed by atoms with Crippen LogP contribution < -0.4 is 15.4 Å². The summed E-state index contributed by atoms with van der Waals surface area (Å²) in [4.78, 5) is 22.1.